The maximum Gasteiger partial charge on any atom is 0.240 e. The minimum absolute atomic E-state index is 0.168. The van der Waals surface area contributed by atoms with Gasteiger partial charge in [-0.3, -0.25) is 9.20 Å². The molecule has 1 atom stereocenters. The van der Waals surface area contributed by atoms with Crippen LogP contribution in [0.3, 0.4) is 0 Å². The maximum absolute atomic E-state index is 12.5. The minimum atomic E-state index is -1.06. The van der Waals surface area contributed by atoms with Gasteiger partial charge in [-0.1, -0.05) is 53.5 Å². The van der Waals surface area contributed by atoms with Crippen LogP contribution in [0.25, 0.3) is 5.65 Å². The molecule has 0 spiro atoms. The lowest BCUT2D eigenvalue weighted by Gasteiger charge is -2.23. The second kappa shape index (κ2) is 8.45. The molecule has 1 amide bonds. The fourth-order valence-corrected chi connectivity index (χ4v) is 3.08. The molecule has 2 aromatic heterocycles. The van der Waals surface area contributed by atoms with Crippen LogP contribution < -0.4 is 11.1 Å². The number of benzene rings is 1. The third-order valence-corrected chi connectivity index (χ3v) is 4.54. The van der Waals surface area contributed by atoms with Crippen molar-refractivity contribution in [2.75, 3.05) is 6.61 Å². The summed E-state index contributed by atoms with van der Waals surface area (Å²) in [6.07, 6.45) is 1.64. The van der Waals surface area contributed by atoms with E-state index in [9.17, 15) is 4.79 Å². The zero-order valence-electron chi connectivity index (χ0n) is 15.5. The second-order valence-corrected chi connectivity index (χ2v) is 7.85. The molecule has 3 rings (SSSR count). The Morgan fingerprint density at radius 1 is 1.29 bits per heavy atom. The number of fused-ring (bicyclic) bond motifs is 1. The Bertz CT molecular complexity index is 970. The van der Waals surface area contributed by atoms with Gasteiger partial charge in [0.05, 0.1) is 28.8 Å². The summed E-state index contributed by atoms with van der Waals surface area (Å²) in [6.45, 7) is 3.80. The smallest absolute Gasteiger partial charge is 0.240 e. The molecule has 7 nitrogen and oxygen atoms in total. The molecule has 0 aliphatic rings. The van der Waals surface area contributed by atoms with Gasteiger partial charge in [0.25, 0.3) is 0 Å². The van der Waals surface area contributed by atoms with E-state index >= 15 is 0 Å². The molecule has 9 heteroatoms. The average Bonchev–Trinajstić information content (AvgIpc) is 3.05. The molecule has 0 bridgehead atoms. The fraction of sp³-hybridized carbons (Fsp3) is 0.316. The van der Waals surface area contributed by atoms with E-state index in [1.807, 2.05) is 30.3 Å². The highest BCUT2D eigenvalue weighted by Gasteiger charge is 2.28. The van der Waals surface area contributed by atoms with Crippen LogP contribution >= 0.6 is 23.2 Å². The molecular weight excluding hydrogens is 401 g/mol. The predicted molar refractivity (Wildman–Crippen MR) is 108 cm³/mol. The van der Waals surface area contributed by atoms with Crippen LogP contribution in [-0.4, -0.2) is 32.7 Å². The van der Waals surface area contributed by atoms with Gasteiger partial charge in [-0.25, -0.2) is 0 Å². The van der Waals surface area contributed by atoms with Crippen LogP contribution in [0.2, 0.25) is 10.0 Å². The van der Waals surface area contributed by atoms with Crippen LogP contribution in [-0.2, 0) is 16.1 Å². The van der Waals surface area contributed by atoms with Gasteiger partial charge < -0.3 is 15.8 Å². The van der Waals surface area contributed by atoms with Crippen LogP contribution in [0.4, 0.5) is 0 Å². The number of ether oxygens (including phenoxy) is 1. The zero-order valence-corrected chi connectivity index (χ0v) is 17.0. The van der Waals surface area contributed by atoms with Crippen molar-refractivity contribution < 1.29 is 9.53 Å². The number of rotatable bonds is 7. The van der Waals surface area contributed by atoms with E-state index in [1.165, 1.54) is 0 Å². The molecular formula is C19H21Cl2N5O2. The van der Waals surface area contributed by atoms with Crippen LogP contribution in [0.15, 0.2) is 42.6 Å². The van der Waals surface area contributed by atoms with Crippen LogP contribution in [0.1, 0.15) is 31.3 Å². The second-order valence-electron chi connectivity index (χ2n) is 7.01. The summed E-state index contributed by atoms with van der Waals surface area (Å²) >= 11 is 12.3. The van der Waals surface area contributed by atoms with E-state index < -0.39 is 11.6 Å². The molecule has 0 aliphatic heterocycles. The van der Waals surface area contributed by atoms with Gasteiger partial charge in [0.1, 0.15) is 6.04 Å². The van der Waals surface area contributed by atoms with Crippen molar-refractivity contribution in [3.63, 3.8) is 0 Å². The van der Waals surface area contributed by atoms with Crippen molar-refractivity contribution in [2.45, 2.75) is 32.0 Å². The molecule has 3 N–H and O–H groups in total. The fourth-order valence-electron chi connectivity index (χ4n) is 2.57. The lowest BCUT2D eigenvalue weighted by Crippen LogP contribution is -2.50. The van der Waals surface area contributed by atoms with Gasteiger partial charge in [-0.15, -0.1) is 10.2 Å². The Labute approximate surface area is 172 Å². The van der Waals surface area contributed by atoms with Gasteiger partial charge in [-0.05, 0) is 25.5 Å². The summed E-state index contributed by atoms with van der Waals surface area (Å²) in [5.41, 5.74) is 6.32. The number of nitrogens with two attached hydrogens (primary N) is 1. The van der Waals surface area contributed by atoms with E-state index in [4.69, 9.17) is 33.7 Å². The topological polar surface area (TPSA) is 94.5 Å². The monoisotopic (exact) mass is 421 g/mol. The summed E-state index contributed by atoms with van der Waals surface area (Å²) in [7, 11) is 0. The number of pyridine rings is 1. The number of amides is 1. The summed E-state index contributed by atoms with van der Waals surface area (Å²) in [5, 5.41) is 12.0. The number of carbonyl (C=O) groups is 1. The molecule has 0 unspecified atom stereocenters. The number of hydrogen-bond donors (Lipinski definition) is 2. The molecule has 0 fully saturated rings. The molecule has 3 aromatic rings. The van der Waals surface area contributed by atoms with Crippen molar-refractivity contribution in [3.8, 4) is 0 Å². The van der Waals surface area contributed by atoms with Crippen molar-refractivity contribution in [2.24, 2.45) is 5.73 Å². The molecule has 1 aromatic carbocycles. The molecule has 0 radical (unpaired) electrons. The van der Waals surface area contributed by atoms with Crippen LogP contribution in [0.5, 0.6) is 0 Å². The third kappa shape index (κ3) is 4.80. The molecule has 0 aliphatic carbocycles. The van der Waals surface area contributed by atoms with E-state index in [0.717, 1.165) is 5.56 Å². The van der Waals surface area contributed by atoms with Crippen molar-refractivity contribution in [1.29, 1.82) is 0 Å². The first-order valence-electron chi connectivity index (χ1n) is 8.67. The van der Waals surface area contributed by atoms with Crippen LogP contribution in [0, 0.1) is 0 Å². The highest BCUT2D eigenvalue weighted by molar-refractivity contribution is 6.36. The summed E-state index contributed by atoms with van der Waals surface area (Å²) in [6, 6.07) is 10.7. The molecule has 0 saturated heterocycles. The first kappa shape index (κ1) is 20.5. The minimum Gasteiger partial charge on any atom is -0.374 e. The Morgan fingerprint density at radius 2 is 2.00 bits per heavy atom. The number of hydrogen-bond acceptors (Lipinski definition) is 5. The Morgan fingerprint density at radius 3 is 2.68 bits per heavy atom. The quantitative estimate of drug-likeness (QED) is 0.610. The molecule has 148 valence electrons. The standard InChI is InChI=1S/C19H21Cl2N5O2/c1-19(2,22)18(27)23-15(11-28-10-12-6-4-3-5-7-12)17-25-24-16-14(21)8-13(20)9-26(16)17/h3-9,15H,10-11,22H2,1-2H3,(H,23,27)/t15-/m1/s1. The third-order valence-electron chi connectivity index (χ3n) is 4.05. The van der Waals surface area contributed by atoms with Gasteiger partial charge in [-0.2, -0.15) is 0 Å². The van der Waals surface area contributed by atoms with Gasteiger partial charge in [0.2, 0.25) is 5.91 Å². The lowest BCUT2D eigenvalue weighted by atomic mass is 10.1. The number of aromatic nitrogens is 3. The van der Waals surface area contributed by atoms with E-state index in [1.54, 1.807) is 30.5 Å². The number of nitrogens with zero attached hydrogens (tertiary/aromatic N) is 3. The van der Waals surface area contributed by atoms with Crippen molar-refractivity contribution >= 4 is 34.8 Å². The zero-order chi connectivity index (χ0) is 20.3. The highest BCUT2D eigenvalue weighted by Crippen LogP contribution is 2.24. The van der Waals surface area contributed by atoms with Crippen molar-refractivity contribution in [3.05, 3.63) is 64.0 Å². The average molecular weight is 422 g/mol. The Balaban J connectivity index is 1.86. The molecule has 2 heterocycles. The van der Waals surface area contributed by atoms with Gasteiger partial charge in [0.15, 0.2) is 11.5 Å². The van der Waals surface area contributed by atoms with Gasteiger partial charge in [0, 0.05) is 6.20 Å². The van der Waals surface area contributed by atoms with E-state index in [2.05, 4.69) is 15.5 Å². The first-order chi connectivity index (χ1) is 13.3. The molecule has 28 heavy (non-hydrogen) atoms. The predicted octanol–water partition coefficient (Wildman–Crippen LogP) is 3.15. The van der Waals surface area contributed by atoms with E-state index in [0.29, 0.717) is 28.1 Å². The summed E-state index contributed by atoms with van der Waals surface area (Å²) in [4.78, 5) is 12.5. The largest absolute Gasteiger partial charge is 0.374 e. The number of carbonyl (C=O) groups excluding carboxylic acids is 1. The normalized spacial score (nSPS) is 12.9. The Hall–Kier alpha value is -2.19. The number of halogens is 2. The lowest BCUT2D eigenvalue weighted by molar-refractivity contribution is -0.126. The molecule has 0 saturated carbocycles. The maximum atomic E-state index is 12.5. The highest BCUT2D eigenvalue weighted by atomic mass is 35.5. The Kier molecular flexibility index (Phi) is 6.20. The SMILES string of the molecule is CC(C)(N)C(=O)N[C@H](COCc1ccccc1)c1nnc2c(Cl)cc(Cl)cn12. The first-order valence-corrected chi connectivity index (χ1v) is 9.42. The van der Waals surface area contributed by atoms with Crippen molar-refractivity contribution in [1.82, 2.24) is 19.9 Å². The summed E-state index contributed by atoms with van der Waals surface area (Å²) in [5.74, 6) is 0.107. The van der Waals surface area contributed by atoms with E-state index in [-0.39, 0.29) is 12.5 Å². The summed E-state index contributed by atoms with van der Waals surface area (Å²) < 4.78 is 7.47. The van der Waals surface area contributed by atoms with Gasteiger partial charge >= 0.3 is 0 Å². The number of nitrogens with one attached hydrogen (secondary N) is 1.